The first-order valence-corrected chi connectivity index (χ1v) is 7.95. The van der Waals surface area contributed by atoms with Crippen molar-refractivity contribution in [1.29, 1.82) is 0 Å². The predicted octanol–water partition coefficient (Wildman–Crippen LogP) is 3.85. The van der Waals surface area contributed by atoms with Crippen LogP contribution in [0.5, 0.6) is 0 Å². The van der Waals surface area contributed by atoms with Crippen LogP contribution in [0.1, 0.15) is 58.2 Å². The van der Waals surface area contributed by atoms with Gasteiger partial charge in [0.25, 0.3) is 0 Å². The van der Waals surface area contributed by atoms with Gasteiger partial charge in [-0.25, -0.2) is 9.97 Å². The zero-order valence-corrected chi connectivity index (χ0v) is 13.1. The monoisotopic (exact) mass is 276 g/mol. The summed E-state index contributed by atoms with van der Waals surface area (Å²) < 4.78 is 0. The molecule has 112 valence electrons. The van der Waals surface area contributed by atoms with Crippen molar-refractivity contribution in [1.82, 2.24) is 9.97 Å². The summed E-state index contributed by atoms with van der Waals surface area (Å²) in [6, 6.07) is 2.01. The molecular weight excluding hydrogens is 248 g/mol. The van der Waals surface area contributed by atoms with Crippen LogP contribution in [-0.2, 0) is 6.42 Å². The summed E-state index contributed by atoms with van der Waals surface area (Å²) in [7, 11) is 1.91. The highest BCUT2D eigenvalue weighted by molar-refractivity contribution is 5.47. The molecule has 2 N–H and O–H groups in total. The van der Waals surface area contributed by atoms with Gasteiger partial charge in [-0.1, -0.05) is 33.1 Å². The molecule has 0 spiro atoms. The lowest BCUT2D eigenvalue weighted by Gasteiger charge is -2.33. The van der Waals surface area contributed by atoms with Gasteiger partial charge in [0.05, 0.1) is 0 Å². The van der Waals surface area contributed by atoms with E-state index < -0.39 is 0 Å². The van der Waals surface area contributed by atoms with Gasteiger partial charge in [0.15, 0.2) is 0 Å². The third kappa shape index (κ3) is 4.09. The Kier molecular flexibility index (Phi) is 5.21. The maximum Gasteiger partial charge on any atom is 0.133 e. The normalized spacial score (nSPS) is 17.8. The summed E-state index contributed by atoms with van der Waals surface area (Å²) in [6.07, 6.45) is 8.78. The maximum absolute atomic E-state index is 4.62. The lowest BCUT2D eigenvalue weighted by molar-refractivity contribution is 0.233. The minimum Gasteiger partial charge on any atom is -0.373 e. The van der Waals surface area contributed by atoms with Crippen molar-refractivity contribution in [2.75, 3.05) is 24.2 Å². The van der Waals surface area contributed by atoms with Crippen LogP contribution in [0.2, 0.25) is 0 Å². The second-order valence-electron chi connectivity index (χ2n) is 6.28. The molecule has 0 unspecified atom stereocenters. The van der Waals surface area contributed by atoms with E-state index in [1.54, 1.807) is 0 Å². The van der Waals surface area contributed by atoms with E-state index in [-0.39, 0.29) is 0 Å². The fourth-order valence-corrected chi connectivity index (χ4v) is 2.94. The highest BCUT2D eigenvalue weighted by Gasteiger charge is 2.26. The Balaban J connectivity index is 2.02. The van der Waals surface area contributed by atoms with Gasteiger partial charge in [-0.2, -0.15) is 0 Å². The summed E-state index contributed by atoms with van der Waals surface area (Å²) in [5, 5.41) is 6.66. The minimum atomic E-state index is 0.425. The number of aryl methyl sites for hydroxylation is 1. The molecule has 1 saturated carbocycles. The van der Waals surface area contributed by atoms with Crippen LogP contribution >= 0.6 is 0 Å². The van der Waals surface area contributed by atoms with E-state index in [2.05, 4.69) is 34.4 Å². The highest BCUT2D eigenvalue weighted by atomic mass is 15.1. The molecule has 0 atom stereocenters. The standard InChI is InChI=1S/C16H28N4/c1-4-8-13-19-14(17-3)11-15(20-13)18-12-16(2)9-6-5-7-10-16/h11H,4-10,12H2,1-3H3,(H2,17,18,19,20). The van der Waals surface area contributed by atoms with Crippen molar-refractivity contribution in [3.63, 3.8) is 0 Å². The zero-order chi connectivity index (χ0) is 14.4. The molecule has 1 aromatic rings. The van der Waals surface area contributed by atoms with Gasteiger partial charge >= 0.3 is 0 Å². The number of aromatic nitrogens is 2. The van der Waals surface area contributed by atoms with Crippen LogP contribution < -0.4 is 10.6 Å². The second kappa shape index (κ2) is 6.91. The Bertz CT molecular complexity index is 424. The summed E-state index contributed by atoms with van der Waals surface area (Å²) in [5.74, 6) is 2.79. The molecule has 0 radical (unpaired) electrons. The summed E-state index contributed by atoms with van der Waals surface area (Å²) in [4.78, 5) is 9.12. The Hall–Kier alpha value is -1.32. The Morgan fingerprint density at radius 2 is 1.85 bits per heavy atom. The molecule has 1 heterocycles. The van der Waals surface area contributed by atoms with Crippen LogP contribution in [0.15, 0.2) is 6.07 Å². The first kappa shape index (κ1) is 15.1. The molecule has 2 rings (SSSR count). The van der Waals surface area contributed by atoms with Crippen molar-refractivity contribution in [3.8, 4) is 0 Å². The van der Waals surface area contributed by atoms with E-state index in [0.717, 1.165) is 36.8 Å². The third-order valence-electron chi connectivity index (χ3n) is 4.26. The molecule has 1 aromatic heterocycles. The van der Waals surface area contributed by atoms with Crippen LogP contribution in [0.25, 0.3) is 0 Å². The molecule has 20 heavy (non-hydrogen) atoms. The van der Waals surface area contributed by atoms with Gasteiger partial charge in [-0.15, -0.1) is 0 Å². The van der Waals surface area contributed by atoms with E-state index in [1.807, 2.05) is 13.1 Å². The number of hydrogen-bond acceptors (Lipinski definition) is 4. The second-order valence-corrected chi connectivity index (χ2v) is 6.28. The van der Waals surface area contributed by atoms with E-state index in [4.69, 9.17) is 0 Å². The molecule has 1 aliphatic carbocycles. The average Bonchev–Trinajstić information content (AvgIpc) is 2.46. The van der Waals surface area contributed by atoms with Crippen molar-refractivity contribution >= 4 is 11.6 Å². The lowest BCUT2D eigenvalue weighted by atomic mass is 9.76. The Morgan fingerprint density at radius 3 is 2.50 bits per heavy atom. The van der Waals surface area contributed by atoms with Gasteiger partial charge in [0.1, 0.15) is 17.5 Å². The maximum atomic E-state index is 4.62. The van der Waals surface area contributed by atoms with Crippen LogP contribution in [0.3, 0.4) is 0 Å². The van der Waals surface area contributed by atoms with Crippen LogP contribution in [0, 0.1) is 5.41 Å². The summed E-state index contributed by atoms with van der Waals surface area (Å²) >= 11 is 0. The number of rotatable bonds is 6. The quantitative estimate of drug-likeness (QED) is 0.828. The summed E-state index contributed by atoms with van der Waals surface area (Å²) in [5.41, 5.74) is 0.425. The predicted molar refractivity (Wildman–Crippen MR) is 85.3 cm³/mol. The van der Waals surface area contributed by atoms with E-state index >= 15 is 0 Å². The molecular formula is C16H28N4. The smallest absolute Gasteiger partial charge is 0.133 e. The molecule has 0 aromatic carbocycles. The SMILES string of the molecule is CCCc1nc(NC)cc(NCC2(C)CCCCC2)n1. The zero-order valence-electron chi connectivity index (χ0n) is 13.1. The summed E-state index contributed by atoms with van der Waals surface area (Å²) in [6.45, 7) is 5.57. The number of anilines is 2. The van der Waals surface area contributed by atoms with E-state index in [1.165, 1.54) is 32.1 Å². The van der Waals surface area contributed by atoms with Crippen LogP contribution in [0.4, 0.5) is 11.6 Å². The molecule has 1 aliphatic rings. The van der Waals surface area contributed by atoms with Crippen LogP contribution in [-0.4, -0.2) is 23.6 Å². The molecule has 0 aliphatic heterocycles. The van der Waals surface area contributed by atoms with E-state index in [9.17, 15) is 0 Å². The van der Waals surface area contributed by atoms with Crippen molar-refractivity contribution in [3.05, 3.63) is 11.9 Å². The number of nitrogens with zero attached hydrogens (tertiary/aromatic N) is 2. The van der Waals surface area contributed by atoms with Crippen molar-refractivity contribution in [2.45, 2.75) is 58.8 Å². The largest absolute Gasteiger partial charge is 0.373 e. The Labute approximate surface area is 122 Å². The third-order valence-corrected chi connectivity index (χ3v) is 4.26. The molecule has 4 nitrogen and oxygen atoms in total. The average molecular weight is 276 g/mol. The molecule has 0 amide bonds. The highest BCUT2D eigenvalue weighted by Crippen LogP contribution is 2.35. The minimum absolute atomic E-state index is 0.425. The van der Waals surface area contributed by atoms with Crippen molar-refractivity contribution < 1.29 is 0 Å². The number of nitrogens with one attached hydrogen (secondary N) is 2. The first-order valence-electron chi connectivity index (χ1n) is 7.95. The molecule has 1 fully saturated rings. The topological polar surface area (TPSA) is 49.8 Å². The first-order chi connectivity index (χ1) is 9.65. The Morgan fingerprint density at radius 1 is 1.15 bits per heavy atom. The molecule has 4 heteroatoms. The van der Waals surface area contributed by atoms with Gasteiger partial charge in [0, 0.05) is 26.1 Å². The van der Waals surface area contributed by atoms with E-state index in [0.29, 0.717) is 5.41 Å². The molecule has 0 saturated heterocycles. The fraction of sp³-hybridized carbons (Fsp3) is 0.750. The molecule has 0 bridgehead atoms. The van der Waals surface area contributed by atoms with Gasteiger partial charge in [0.2, 0.25) is 0 Å². The van der Waals surface area contributed by atoms with Crippen molar-refractivity contribution in [2.24, 2.45) is 5.41 Å². The van der Waals surface area contributed by atoms with Gasteiger partial charge < -0.3 is 10.6 Å². The lowest BCUT2D eigenvalue weighted by Crippen LogP contribution is -2.29. The fourth-order valence-electron chi connectivity index (χ4n) is 2.94. The van der Waals surface area contributed by atoms with Gasteiger partial charge in [-0.3, -0.25) is 0 Å². The van der Waals surface area contributed by atoms with Gasteiger partial charge in [-0.05, 0) is 24.7 Å². The number of hydrogen-bond donors (Lipinski definition) is 2.